The molecular formula is C4H12N4. The van der Waals surface area contributed by atoms with Gasteiger partial charge in [0.05, 0.1) is 6.54 Å². The molecule has 0 rings (SSSR count). The SMILES string of the molecule is CN(C)N=C(N)CN. The van der Waals surface area contributed by atoms with Crippen LogP contribution in [0, 0.1) is 0 Å². The van der Waals surface area contributed by atoms with Gasteiger partial charge in [-0.3, -0.25) is 0 Å². The highest BCUT2D eigenvalue weighted by atomic mass is 15.4. The van der Waals surface area contributed by atoms with Crippen molar-refractivity contribution in [1.29, 1.82) is 0 Å². The standard InChI is InChI=1S/C4H12N4/c1-8(2)7-4(6)3-5/h3,5H2,1-2H3,(H2,6,7). The molecule has 0 saturated heterocycles. The van der Waals surface area contributed by atoms with E-state index in [2.05, 4.69) is 5.10 Å². The van der Waals surface area contributed by atoms with Crippen LogP contribution in [0.4, 0.5) is 0 Å². The van der Waals surface area contributed by atoms with Gasteiger partial charge in [-0.1, -0.05) is 0 Å². The van der Waals surface area contributed by atoms with Gasteiger partial charge in [-0.2, -0.15) is 5.10 Å². The van der Waals surface area contributed by atoms with Crippen molar-refractivity contribution in [3.8, 4) is 0 Å². The summed E-state index contributed by atoms with van der Waals surface area (Å²) in [6.07, 6.45) is 0. The number of hydrazone groups is 1. The summed E-state index contributed by atoms with van der Waals surface area (Å²) < 4.78 is 0. The number of rotatable bonds is 2. The Morgan fingerprint density at radius 2 is 2.12 bits per heavy atom. The molecule has 0 aliphatic heterocycles. The summed E-state index contributed by atoms with van der Waals surface area (Å²) >= 11 is 0. The average Bonchev–Trinajstić information content (AvgIpc) is 1.65. The van der Waals surface area contributed by atoms with E-state index in [-0.39, 0.29) is 0 Å². The summed E-state index contributed by atoms with van der Waals surface area (Å²) in [6.45, 7) is 0.318. The highest BCUT2D eigenvalue weighted by Gasteiger charge is 1.84. The van der Waals surface area contributed by atoms with Gasteiger partial charge in [0.15, 0.2) is 0 Å². The summed E-state index contributed by atoms with van der Waals surface area (Å²) in [5, 5.41) is 5.41. The van der Waals surface area contributed by atoms with Crippen molar-refractivity contribution in [3.63, 3.8) is 0 Å². The number of hydrogen-bond donors (Lipinski definition) is 2. The number of nitrogens with two attached hydrogens (primary N) is 2. The lowest BCUT2D eigenvalue weighted by molar-refractivity contribution is 0.436. The van der Waals surface area contributed by atoms with Crippen molar-refractivity contribution in [2.24, 2.45) is 16.6 Å². The van der Waals surface area contributed by atoms with Crippen LogP contribution in [-0.4, -0.2) is 31.5 Å². The van der Waals surface area contributed by atoms with Crippen LogP contribution in [0.15, 0.2) is 5.10 Å². The number of nitrogens with zero attached hydrogens (tertiary/aromatic N) is 2. The highest BCUT2D eigenvalue weighted by molar-refractivity contribution is 5.81. The minimum atomic E-state index is 0.318. The van der Waals surface area contributed by atoms with Gasteiger partial charge in [-0.05, 0) is 0 Å². The van der Waals surface area contributed by atoms with Crippen molar-refractivity contribution in [1.82, 2.24) is 5.01 Å². The Morgan fingerprint density at radius 3 is 2.25 bits per heavy atom. The zero-order valence-electron chi connectivity index (χ0n) is 5.26. The van der Waals surface area contributed by atoms with E-state index in [1.165, 1.54) is 0 Å². The van der Waals surface area contributed by atoms with Gasteiger partial charge in [0.1, 0.15) is 5.84 Å². The van der Waals surface area contributed by atoms with Crippen LogP contribution in [-0.2, 0) is 0 Å². The van der Waals surface area contributed by atoms with E-state index < -0.39 is 0 Å². The van der Waals surface area contributed by atoms with Gasteiger partial charge in [-0.25, -0.2) is 0 Å². The van der Waals surface area contributed by atoms with E-state index in [4.69, 9.17) is 11.5 Å². The molecule has 0 aliphatic carbocycles. The topological polar surface area (TPSA) is 67.6 Å². The second kappa shape index (κ2) is 3.26. The maximum atomic E-state index is 5.26. The summed E-state index contributed by atoms with van der Waals surface area (Å²) in [5.74, 6) is 0.454. The smallest absolute Gasteiger partial charge is 0.133 e. The first kappa shape index (κ1) is 7.23. The molecule has 48 valence electrons. The molecule has 0 aromatic carbocycles. The van der Waals surface area contributed by atoms with E-state index in [9.17, 15) is 0 Å². The molecule has 0 fully saturated rings. The molecule has 4 N–H and O–H groups in total. The molecule has 0 atom stereocenters. The summed E-state index contributed by atoms with van der Waals surface area (Å²) in [4.78, 5) is 0. The Kier molecular flexibility index (Phi) is 2.95. The van der Waals surface area contributed by atoms with Crippen LogP contribution in [0.25, 0.3) is 0 Å². The van der Waals surface area contributed by atoms with Crippen molar-refractivity contribution in [2.75, 3.05) is 20.6 Å². The van der Waals surface area contributed by atoms with Gasteiger partial charge in [0.2, 0.25) is 0 Å². The van der Waals surface area contributed by atoms with Gasteiger partial charge in [0, 0.05) is 14.1 Å². The first-order chi connectivity index (χ1) is 3.66. The number of hydrogen-bond acceptors (Lipinski definition) is 3. The molecule has 0 aromatic heterocycles. The molecule has 8 heavy (non-hydrogen) atoms. The lowest BCUT2D eigenvalue weighted by Gasteiger charge is -2.03. The Labute approximate surface area is 49.1 Å². The average molecular weight is 116 g/mol. The molecule has 0 amide bonds. The molecule has 0 heterocycles. The normalized spacial score (nSPS) is 11.6. The fourth-order valence-electron chi connectivity index (χ4n) is 0.298. The number of amidine groups is 1. The van der Waals surface area contributed by atoms with Crippen LogP contribution >= 0.6 is 0 Å². The minimum Gasteiger partial charge on any atom is -0.385 e. The van der Waals surface area contributed by atoms with E-state index in [1.54, 1.807) is 19.1 Å². The van der Waals surface area contributed by atoms with Gasteiger partial charge < -0.3 is 16.5 Å². The third kappa shape index (κ3) is 3.42. The molecule has 0 bridgehead atoms. The Bertz CT molecular complexity index is 86.0. The Hall–Kier alpha value is -0.770. The first-order valence-electron chi connectivity index (χ1n) is 2.37. The van der Waals surface area contributed by atoms with E-state index >= 15 is 0 Å². The third-order valence-electron chi connectivity index (χ3n) is 0.538. The molecule has 0 aromatic rings. The van der Waals surface area contributed by atoms with Crippen molar-refractivity contribution in [3.05, 3.63) is 0 Å². The fourth-order valence-corrected chi connectivity index (χ4v) is 0.298. The summed E-state index contributed by atoms with van der Waals surface area (Å²) in [6, 6.07) is 0. The van der Waals surface area contributed by atoms with E-state index in [0.717, 1.165) is 0 Å². The van der Waals surface area contributed by atoms with Crippen LogP contribution in [0.3, 0.4) is 0 Å². The lowest BCUT2D eigenvalue weighted by Crippen LogP contribution is -2.25. The summed E-state index contributed by atoms with van der Waals surface area (Å²) in [5.41, 5.74) is 10.4. The molecule has 4 nitrogen and oxygen atoms in total. The minimum absolute atomic E-state index is 0.318. The molecule has 4 heteroatoms. The third-order valence-corrected chi connectivity index (χ3v) is 0.538. The van der Waals surface area contributed by atoms with Gasteiger partial charge >= 0.3 is 0 Å². The highest BCUT2D eigenvalue weighted by Crippen LogP contribution is 1.71. The van der Waals surface area contributed by atoms with Crippen molar-refractivity contribution in [2.45, 2.75) is 0 Å². The molecule has 0 radical (unpaired) electrons. The van der Waals surface area contributed by atoms with Crippen LogP contribution in [0.1, 0.15) is 0 Å². The Balaban J connectivity index is 3.56. The van der Waals surface area contributed by atoms with Gasteiger partial charge in [-0.15, -0.1) is 0 Å². The monoisotopic (exact) mass is 116 g/mol. The molecule has 0 unspecified atom stereocenters. The maximum absolute atomic E-state index is 5.26. The van der Waals surface area contributed by atoms with E-state index in [0.29, 0.717) is 12.4 Å². The lowest BCUT2D eigenvalue weighted by atomic mass is 10.6. The fraction of sp³-hybridized carbons (Fsp3) is 0.750. The first-order valence-corrected chi connectivity index (χ1v) is 2.37. The van der Waals surface area contributed by atoms with Gasteiger partial charge in [0.25, 0.3) is 0 Å². The molecule has 0 saturated carbocycles. The predicted molar refractivity (Wildman–Crippen MR) is 34.4 cm³/mol. The molecular weight excluding hydrogens is 104 g/mol. The van der Waals surface area contributed by atoms with Crippen LogP contribution in [0.2, 0.25) is 0 Å². The quantitative estimate of drug-likeness (QED) is 0.270. The van der Waals surface area contributed by atoms with Crippen LogP contribution in [0.5, 0.6) is 0 Å². The Morgan fingerprint density at radius 1 is 1.62 bits per heavy atom. The second-order valence-electron chi connectivity index (χ2n) is 1.64. The predicted octanol–water partition coefficient (Wildman–Crippen LogP) is -1.22. The summed E-state index contributed by atoms with van der Waals surface area (Å²) in [7, 11) is 3.59. The van der Waals surface area contributed by atoms with Crippen molar-refractivity contribution >= 4 is 5.84 Å². The van der Waals surface area contributed by atoms with Crippen LogP contribution < -0.4 is 11.5 Å². The zero-order valence-corrected chi connectivity index (χ0v) is 5.26. The zero-order chi connectivity index (χ0) is 6.57. The molecule has 0 spiro atoms. The largest absolute Gasteiger partial charge is 0.385 e. The second-order valence-corrected chi connectivity index (χ2v) is 1.64. The maximum Gasteiger partial charge on any atom is 0.133 e. The van der Waals surface area contributed by atoms with Crippen molar-refractivity contribution < 1.29 is 0 Å². The molecule has 0 aliphatic rings. The van der Waals surface area contributed by atoms with E-state index in [1.807, 2.05) is 0 Å².